The largest absolute Gasteiger partial charge is 0.370 e. The van der Waals surface area contributed by atoms with Gasteiger partial charge >= 0.3 is 0 Å². The first-order valence-electron chi connectivity index (χ1n) is 7.90. The summed E-state index contributed by atoms with van der Waals surface area (Å²) in [6.45, 7) is 2.83. The van der Waals surface area contributed by atoms with Gasteiger partial charge in [0.2, 0.25) is 0 Å². The van der Waals surface area contributed by atoms with Crippen LogP contribution >= 0.6 is 0 Å². The lowest BCUT2D eigenvalue weighted by Crippen LogP contribution is -2.34. The molecule has 0 radical (unpaired) electrons. The number of imidazole rings is 1. The number of aliphatic imine (C=N–C) groups is 1. The number of fused-ring (bicyclic) bond motifs is 1. The molecule has 0 aromatic carbocycles. The molecular weight excluding hydrogens is 250 g/mol. The van der Waals surface area contributed by atoms with E-state index in [1.807, 2.05) is 0 Å². The summed E-state index contributed by atoms with van der Waals surface area (Å²) >= 11 is 0. The fourth-order valence-corrected chi connectivity index (χ4v) is 2.87. The van der Waals surface area contributed by atoms with Gasteiger partial charge in [-0.2, -0.15) is 0 Å². The Balaban J connectivity index is 1.41. The molecule has 1 fully saturated rings. The van der Waals surface area contributed by atoms with Crippen molar-refractivity contribution in [2.45, 2.75) is 51.5 Å². The Morgan fingerprint density at radius 3 is 3.05 bits per heavy atom. The molecule has 0 unspecified atom stereocenters. The van der Waals surface area contributed by atoms with Gasteiger partial charge in [-0.05, 0) is 31.6 Å². The van der Waals surface area contributed by atoms with Crippen LogP contribution in [0, 0.1) is 5.92 Å². The number of hydrogen-bond donors (Lipinski definition) is 2. The number of aryl methyl sites for hydroxylation is 2. The van der Waals surface area contributed by atoms with E-state index in [0.717, 1.165) is 38.4 Å². The van der Waals surface area contributed by atoms with E-state index in [1.54, 1.807) is 0 Å². The van der Waals surface area contributed by atoms with Crippen LogP contribution in [-0.4, -0.2) is 28.6 Å². The molecule has 2 aliphatic rings. The Morgan fingerprint density at radius 2 is 2.30 bits per heavy atom. The molecule has 1 aromatic rings. The predicted octanol–water partition coefficient (Wildman–Crippen LogP) is 1.47. The lowest BCUT2D eigenvalue weighted by Gasteiger charge is -2.23. The summed E-state index contributed by atoms with van der Waals surface area (Å²) in [7, 11) is 0. The maximum atomic E-state index is 5.88. The van der Waals surface area contributed by atoms with Crippen molar-refractivity contribution in [3.05, 3.63) is 17.7 Å². The molecule has 3 rings (SSSR count). The van der Waals surface area contributed by atoms with Crippen LogP contribution in [0.5, 0.6) is 0 Å². The highest BCUT2D eigenvalue weighted by molar-refractivity contribution is 5.77. The van der Waals surface area contributed by atoms with Gasteiger partial charge in [-0.25, -0.2) is 4.98 Å². The Bertz CT molecular complexity index is 449. The molecule has 1 saturated carbocycles. The summed E-state index contributed by atoms with van der Waals surface area (Å²) in [5.74, 6) is 2.61. The van der Waals surface area contributed by atoms with E-state index in [-0.39, 0.29) is 0 Å². The number of nitrogens with one attached hydrogen (secondary N) is 1. The highest BCUT2D eigenvalue weighted by Crippen LogP contribution is 2.26. The summed E-state index contributed by atoms with van der Waals surface area (Å²) in [6, 6.07) is 0. The number of nitrogens with two attached hydrogens (primary N) is 1. The fourth-order valence-electron chi connectivity index (χ4n) is 2.87. The molecule has 3 N–H and O–H groups in total. The van der Waals surface area contributed by atoms with Crippen LogP contribution in [0.25, 0.3) is 0 Å². The minimum atomic E-state index is 0.584. The molecule has 110 valence electrons. The van der Waals surface area contributed by atoms with Crippen molar-refractivity contribution in [3.63, 3.8) is 0 Å². The summed E-state index contributed by atoms with van der Waals surface area (Å²) < 4.78 is 2.30. The number of hydrogen-bond acceptors (Lipinski definition) is 2. The zero-order valence-electron chi connectivity index (χ0n) is 12.1. The van der Waals surface area contributed by atoms with Gasteiger partial charge in [-0.15, -0.1) is 0 Å². The topological polar surface area (TPSA) is 68.2 Å². The molecule has 1 aliphatic carbocycles. The number of aromatic nitrogens is 2. The van der Waals surface area contributed by atoms with Crippen molar-refractivity contribution >= 4 is 5.96 Å². The molecule has 5 nitrogen and oxygen atoms in total. The Kier molecular flexibility index (Phi) is 4.23. The van der Waals surface area contributed by atoms with Crippen molar-refractivity contribution in [1.29, 1.82) is 0 Å². The SMILES string of the molecule is NC(=NCC1CCC1)NCCc1cn2c(n1)CCCC2. The highest BCUT2D eigenvalue weighted by atomic mass is 15.1. The number of guanidine groups is 1. The van der Waals surface area contributed by atoms with Gasteiger partial charge in [0.1, 0.15) is 5.82 Å². The maximum absolute atomic E-state index is 5.88. The lowest BCUT2D eigenvalue weighted by atomic mass is 9.86. The second-order valence-electron chi connectivity index (χ2n) is 6.00. The third-order valence-corrected chi connectivity index (χ3v) is 4.39. The van der Waals surface area contributed by atoms with Gasteiger partial charge in [0.25, 0.3) is 0 Å². The third kappa shape index (κ3) is 3.32. The average Bonchev–Trinajstić information content (AvgIpc) is 2.79. The molecule has 0 bridgehead atoms. The monoisotopic (exact) mass is 275 g/mol. The van der Waals surface area contributed by atoms with Gasteiger partial charge < -0.3 is 15.6 Å². The van der Waals surface area contributed by atoms with E-state index in [2.05, 4.69) is 26.1 Å². The van der Waals surface area contributed by atoms with Crippen molar-refractivity contribution in [2.75, 3.05) is 13.1 Å². The summed E-state index contributed by atoms with van der Waals surface area (Å²) in [5, 5.41) is 3.19. The molecule has 2 heterocycles. The molecule has 0 atom stereocenters. The van der Waals surface area contributed by atoms with Crippen molar-refractivity contribution in [3.8, 4) is 0 Å². The lowest BCUT2D eigenvalue weighted by molar-refractivity contribution is 0.326. The molecule has 20 heavy (non-hydrogen) atoms. The standard InChI is InChI=1S/C15H25N5/c16-15(18-10-12-4-3-5-12)17-8-7-13-11-20-9-2-1-6-14(20)19-13/h11-12H,1-10H2,(H3,16,17,18). The molecule has 1 aromatic heterocycles. The Morgan fingerprint density at radius 1 is 1.40 bits per heavy atom. The molecule has 1 aliphatic heterocycles. The summed E-state index contributed by atoms with van der Waals surface area (Å²) in [6.07, 6.45) is 10.8. The van der Waals surface area contributed by atoms with E-state index < -0.39 is 0 Å². The fraction of sp³-hybridized carbons (Fsp3) is 0.733. The first-order valence-corrected chi connectivity index (χ1v) is 7.90. The van der Waals surface area contributed by atoms with Crippen LogP contribution < -0.4 is 11.1 Å². The van der Waals surface area contributed by atoms with Crippen LogP contribution in [0.4, 0.5) is 0 Å². The zero-order valence-corrected chi connectivity index (χ0v) is 12.1. The minimum absolute atomic E-state index is 0.584. The Labute approximate surface area is 120 Å². The molecule has 0 spiro atoms. The Hall–Kier alpha value is -1.52. The highest BCUT2D eigenvalue weighted by Gasteiger charge is 2.16. The van der Waals surface area contributed by atoms with Crippen molar-refractivity contribution in [2.24, 2.45) is 16.6 Å². The maximum Gasteiger partial charge on any atom is 0.188 e. The number of rotatable bonds is 5. The first-order chi connectivity index (χ1) is 9.81. The van der Waals surface area contributed by atoms with Gasteiger partial charge in [0, 0.05) is 38.7 Å². The van der Waals surface area contributed by atoms with E-state index in [0.29, 0.717) is 5.96 Å². The molecule has 0 amide bonds. The van der Waals surface area contributed by atoms with Crippen LogP contribution in [0.2, 0.25) is 0 Å². The van der Waals surface area contributed by atoms with Gasteiger partial charge in [-0.1, -0.05) is 6.42 Å². The normalized spacial score (nSPS) is 19.5. The van der Waals surface area contributed by atoms with Gasteiger partial charge in [0.15, 0.2) is 5.96 Å². The molecule has 5 heteroatoms. The summed E-state index contributed by atoms with van der Waals surface area (Å²) in [5.41, 5.74) is 7.04. The van der Waals surface area contributed by atoms with Crippen molar-refractivity contribution < 1.29 is 0 Å². The van der Waals surface area contributed by atoms with Gasteiger partial charge in [0.05, 0.1) is 5.69 Å². The minimum Gasteiger partial charge on any atom is -0.370 e. The van der Waals surface area contributed by atoms with E-state index in [4.69, 9.17) is 5.73 Å². The van der Waals surface area contributed by atoms with Crippen molar-refractivity contribution in [1.82, 2.24) is 14.9 Å². The predicted molar refractivity (Wildman–Crippen MR) is 80.7 cm³/mol. The smallest absolute Gasteiger partial charge is 0.188 e. The van der Waals surface area contributed by atoms with E-state index in [9.17, 15) is 0 Å². The van der Waals surface area contributed by atoms with Gasteiger partial charge in [-0.3, -0.25) is 4.99 Å². The van der Waals surface area contributed by atoms with E-state index >= 15 is 0 Å². The van der Waals surface area contributed by atoms with Crippen LogP contribution in [-0.2, 0) is 19.4 Å². The second-order valence-corrected chi connectivity index (χ2v) is 6.00. The second kappa shape index (κ2) is 6.29. The molecule has 0 saturated heterocycles. The van der Waals surface area contributed by atoms with E-state index in [1.165, 1.54) is 43.6 Å². The summed E-state index contributed by atoms with van der Waals surface area (Å²) in [4.78, 5) is 9.09. The molecular formula is C15H25N5. The third-order valence-electron chi connectivity index (χ3n) is 4.39. The first kappa shape index (κ1) is 13.5. The van der Waals surface area contributed by atoms with Crippen LogP contribution in [0.3, 0.4) is 0 Å². The average molecular weight is 275 g/mol. The van der Waals surface area contributed by atoms with Crippen LogP contribution in [0.15, 0.2) is 11.2 Å². The zero-order chi connectivity index (χ0) is 13.8. The van der Waals surface area contributed by atoms with Crippen LogP contribution in [0.1, 0.15) is 43.6 Å². The quantitative estimate of drug-likeness (QED) is 0.631. The number of nitrogens with zero attached hydrogens (tertiary/aromatic N) is 3.